The maximum absolute atomic E-state index is 12.3. The van der Waals surface area contributed by atoms with Crippen LogP contribution in [-0.2, 0) is 11.2 Å². The zero-order chi connectivity index (χ0) is 21.2. The van der Waals surface area contributed by atoms with Gasteiger partial charge in [-0.3, -0.25) is 14.5 Å². The molecule has 0 bridgehead atoms. The van der Waals surface area contributed by atoms with Crippen LogP contribution in [0, 0.1) is 6.92 Å². The predicted molar refractivity (Wildman–Crippen MR) is 99.6 cm³/mol. The van der Waals surface area contributed by atoms with Gasteiger partial charge in [0.25, 0.3) is 0 Å². The van der Waals surface area contributed by atoms with Gasteiger partial charge in [0.15, 0.2) is 6.61 Å². The van der Waals surface area contributed by atoms with E-state index in [9.17, 15) is 18.0 Å². The van der Waals surface area contributed by atoms with Crippen molar-refractivity contribution in [2.24, 2.45) is 0 Å². The number of amides is 1. The number of hydrogen-bond donors (Lipinski definition) is 1. The summed E-state index contributed by atoms with van der Waals surface area (Å²) in [5, 5.41) is 7.87. The van der Waals surface area contributed by atoms with Gasteiger partial charge in [-0.2, -0.15) is 18.3 Å². The highest BCUT2D eigenvalue weighted by molar-refractivity contribution is 5.86. The second kappa shape index (κ2) is 8.06. The summed E-state index contributed by atoms with van der Waals surface area (Å²) < 4.78 is 43.5. The molecule has 1 unspecified atom stereocenters. The molecule has 3 aromatic rings. The number of hydrogen-bond acceptors (Lipinski definition) is 5. The number of alkyl halides is 3. The Morgan fingerprint density at radius 2 is 2.10 bits per heavy atom. The number of aryl methyl sites for hydroxylation is 1. The molecule has 3 aromatic heterocycles. The van der Waals surface area contributed by atoms with E-state index in [-0.39, 0.29) is 24.2 Å². The average Bonchev–Trinajstić information content (AvgIpc) is 3.11. The molecule has 1 N–H and O–H groups in total. The Hall–Kier alpha value is -3.17. The van der Waals surface area contributed by atoms with Crippen molar-refractivity contribution in [2.45, 2.75) is 32.5 Å². The molecular weight excluding hydrogens is 387 g/mol. The van der Waals surface area contributed by atoms with Gasteiger partial charge in [0, 0.05) is 36.6 Å². The van der Waals surface area contributed by atoms with Gasteiger partial charge in [-0.15, -0.1) is 0 Å². The van der Waals surface area contributed by atoms with E-state index in [1.807, 2.05) is 6.92 Å². The molecule has 3 rings (SSSR count). The Labute approximate surface area is 164 Å². The number of fused-ring (bicyclic) bond motifs is 1. The summed E-state index contributed by atoms with van der Waals surface area (Å²) >= 11 is 0. The van der Waals surface area contributed by atoms with Crippen molar-refractivity contribution >= 4 is 16.8 Å². The quantitative estimate of drug-likeness (QED) is 0.679. The molecule has 0 aliphatic rings. The molecule has 3 heterocycles. The molecule has 0 aromatic carbocycles. The average molecular weight is 407 g/mol. The van der Waals surface area contributed by atoms with Crippen molar-refractivity contribution < 1.29 is 22.7 Å². The first kappa shape index (κ1) is 20.6. The number of nitrogens with one attached hydrogen (secondary N) is 1. The normalized spacial score (nSPS) is 12.8. The van der Waals surface area contributed by atoms with Crippen LogP contribution >= 0.6 is 0 Å². The van der Waals surface area contributed by atoms with E-state index in [1.54, 1.807) is 43.2 Å². The fourth-order valence-corrected chi connectivity index (χ4v) is 2.86. The summed E-state index contributed by atoms with van der Waals surface area (Å²) in [6.45, 7) is 2.14. The molecule has 0 radical (unpaired) electrons. The highest BCUT2D eigenvalue weighted by Gasteiger charge is 2.29. The van der Waals surface area contributed by atoms with Gasteiger partial charge in [-0.25, -0.2) is 4.98 Å². The molecule has 1 amide bonds. The van der Waals surface area contributed by atoms with Crippen LogP contribution in [0.25, 0.3) is 10.9 Å². The minimum absolute atomic E-state index is 0.0547. The number of aromatic nitrogens is 4. The van der Waals surface area contributed by atoms with Gasteiger partial charge in [0.05, 0.1) is 23.7 Å². The van der Waals surface area contributed by atoms with Crippen molar-refractivity contribution in [3.63, 3.8) is 0 Å². The molecule has 0 saturated carbocycles. The summed E-state index contributed by atoms with van der Waals surface area (Å²) in [5.41, 5.74) is 2.57. The standard InChI is InChI=1S/C19H20F3N5O2/c1-11-6-13(8-25-18(11)29-10-19(20,21)22)12(2)27-9-14-15(26-27)4-5-24-16(14)7-17(28)23-3/h4-6,8-9,12H,7,10H2,1-3H3,(H,23,28). The van der Waals surface area contributed by atoms with Gasteiger partial charge in [0.1, 0.15) is 0 Å². The summed E-state index contributed by atoms with van der Waals surface area (Å²) in [6.07, 6.45) is 0.588. The Kier molecular flexibility index (Phi) is 5.71. The molecule has 0 spiro atoms. The molecule has 10 heteroatoms. The lowest BCUT2D eigenvalue weighted by atomic mass is 10.1. The van der Waals surface area contributed by atoms with Crippen LogP contribution in [0.15, 0.2) is 30.7 Å². The van der Waals surface area contributed by atoms with Crippen molar-refractivity contribution in [1.29, 1.82) is 0 Å². The first-order chi connectivity index (χ1) is 13.7. The lowest BCUT2D eigenvalue weighted by Gasteiger charge is -2.15. The minimum atomic E-state index is -4.42. The Morgan fingerprint density at radius 3 is 2.76 bits per heavy atom. The summed E-state index contributed by atoms with van der Waals surface area (Å²) in [6, 6.07) is 3.24. The number of ether oxygens (including phenoxy) is 1. The van der Waals surface area contributed by atoms with Gasteiger partial charge < -0.3 is 10.1 Å². The molecule has 0 aliphatic carbocycles. The van der Waals surface area contributed by atoms with E-state index >= 15 is 0 Å². The van der Waals surface area contributed by atoms with Gasteiger partial charge in [-0.05, 0) is 31.5 Å². The number of carbonyl (C=O) groups excluding carboxylic acids is 1. The fraction of sp³-hybridized carbons (Fsp3) is 0.368. The third kappa shape index (κ3) is 4.82. The van der Waals surface area contributed by atoms with Crippen LogP contribution in [0.2, 0.25) is 0 Å². The molecule has 1 atom stereocenters. The largest absolute Gasteiger partial charge is 0.468 e. The van der Waals surface area contributed by atoms with E-state index in [4.69, 9.17) is 4.74 Å². The first-order valence-electron chi connectivity index (χ1n) is 8.87. The topological polar surface area (TPSA) is 81.9 Å². The minimum Gasteiger partial charge on any atom is -0.468 e. The van der Waals surface area contributed by atoms with Crippen molar-refractivity contribution in [2.75, 3.05) is 13.7 Å². The molecule has 0 saturated heterocycles. The summed E-state index contributed by atoms with van der Waals surface area (Å²) in [7, 11) is 1.56. The molecular formula is C19H20F3N5O2. The number of halogens is 3. The highest BCUT2D eigenvalue weighted by atomic mass is 19.4. The summed E-state index contributed by atoms with van der Waals surface area (Å²) in [5.74, 6) is -0.207. The van der Waals surface area contributed by atoms with Crippen LogP contribution in [0.4, 0.5) is 13.2 Å². The van der Waals surface area contributed by atoms with Crippen LogP contribution in [0.3, 0.4) is 0 Å². The Bertz CT molecular complexity index is 1030. The molecule has 0 fully saturated rings. The molecule has 7 nitrogen and oxygen atoms in total. The van der Waals surface area contributed by atoms with E-state index in [2.05, 4.69) is 20.4 Å². The van der Waals surface area contributed by atoms with Crippen LogP contribution in [-0.4, -0.2) is 45.5 Å². The van der Waals surface area contributed by atoms with Gasteiger partial charge >= 0.3 is 6.18 Å². The number of carbonyl (C=O) groups is 1. The van der Waals surface area contributed by atoms with E-state index in [0.29, 0.717) is 16.8 Å². The molecule has 0 aliphatic heterocycles. The number of likely N-dealkylation sites (N-methyl/N-ethyl adjacent to an activating group) is 1. The lowest BCUT2D eigenvalue weighted by molar-refractivity contribution is -0.154. The highest BCUT2D eigenvalue weighted by Crippen LogP contribution is 2.26. The first-order valence-corrected chi connectivity index (χ1v) is 8.87. The van der Waals surface area contributed by atoms with Crippen LogP contribution in [0.1, 0.15) is 29.8 Å². The second-order valence-electron chi connectivity index (χ2n) is 6.62. The Morgan fingerprint density at radius 1 is 1.34 bits per heavy atom. The second-order valence-corrected chi connectivity index (χ2v) is 6.62. The number of nitrogens with zero attached hydrogens (tertiary/aromatic N) is 4. The monoisotopic (exact) mass is 407 g/mol. The number of rotatable bonds is 6. The van der Waals surface area contributed by atoms with Crippen molar-refractivity contribution in [1.82, 2.24) is 25.1 Å². The Balaban J connectivity index is 1.85. The predicted octanol–water partition coefficient (Wildman–Crippen LogP) is 2.97. The van der Waals surface area contributed by atoms with E-state index < -0.39 is 12.8 Å². The van der Waals surface area contributed by atoms with E-state index in [1.165, 1.54) is 6.20 Å². The van der Waals surface area contributed by atoms with E-state index in [0.717, 1.165) is 10.9 Å². The zero-order valence-electron chi connectivity index (χ0n) is 16.1. The maximum Gasteiger partial charge on any atom is 0.422 e. The smallest absolute Gasteiger partial charge is 0.422 e. The number of pyridine rings is 2. The van der Waals surface area contributed by atoms with Crippen LogP contribution in [0.5, 0.6) is 5.88 Å². The summed E-state index contributed by atoms with van der Waals surface area (Å²) in [4.78, 5) is 20.0. The van der Waals surface area contributed by atoms with Crippen LogP contribution < -0.4 is 10.1 Å². The third-order valence-corrected chi connectivity index (χ3v) is 4.44. The third-order valence-electron chi connectivity index (χ3n) is 4.44. The zero-order valence-corrected chi connectivity index (χ0v) is 16.1. The fourth-order valence-electron chi connectivity index (χ4n) is 2.86. The maximum atomic E-state index is 12.3. The molecule has 29 heavy (non-hydrogen) atoms. The van der Waals surface area contributed by atoms with Gasteiger partial charge in [-0.1, -0.05) is 0 Å². The van der Waals surface area contributed by atoms with Crippen molar-refractivity contribution in [3.05, 3.63) is 47.5 Å². The van der Waals surface area contributed by atoms with Crippen molar-refractivity contribution in [3.8, 4) is 5.88 Å². The van der Waals surface area contributed by atoms with Gasteiger partial charge in [0.2, 0.25) is 11.8 Å². The SMILES string of the molecule is CNC(=O)Cc1nccc2nn(C(C)c3cnc(OCC(F)(F)F)c(C)c3)cc12. The lowest BCUT2D eigenvalue weighted by Crippen LogP contribution is -2.20. The molecule has 154 valence electrons.